The van der Waals surface area contributed by atoms with E-state index in [0.29, 0.717) is 6.42 Å². The number of hydrogen-bond donors (Lipinski definition) is 0. The molecule has 16 heavy (non-hydrogen) atoms. The summed E-state index contributed by atoms with van der Waals surface area (Å²) < 4.78 is 9.98. The van der Waals surface area contributed by atoms with Gasteiger partial charge in [0.25, 0.3) is 0 Å². The number of hydrogen-bond acceptors (Lipinski definition) is 3. The summed E-state index contributed by atoms with van der Waals surface area (Å²) in [4.78, 5) is 11.3. The van der Waals surface area contributed by atoms with Crippen LogP contribution in [0.15, 0.2) is 30.3 Å². The standard InChI is InChI=1S/C13H16O3/c1-15-13(14)8-11(12-9-16-12)7-10-5-3-2-4-6-10/h2-6,11-12H,7-9H2,1H3/t11-,12+/m0/s1. The Morgan fingerprint density at radius 2 is 2.19 bits per heavy atom. The van der Waals surface area contributed by atoms with Crippen LogP contribution < -0.4 is 0 Å². The number of benzene rings is 1. The largest absolute Gasteiger partial charge is 0.469 e. The highest BCUT2D eigenvalue weighted by Crippen LogP contribution is 2.27. The van der Waals surface area contributed by atoms with Gasteiger partial charge in [-0.2, -0.15) is 0 Å². The molecule has 0 amide bonds. The van der Waals surface area contributed by atoms with Crippen LogP contribution in [0.2, 0.25) is 0 Å². The van der Waals surface area contributed by atoms with Crippen molar-refractivity contribution >= 4 is 5.97 Å². The molecule has 1 aliphatic heterocycles. The fraction of sp³-hybridized carbons (Fsp3) is 0.462. The predicted molar refractivity (Wildman–Crippen MR) is 60.0 cm³/mol. The second-order valence-electron chi connectivity index (χ2n) is 4.10. The minimum atomic E-state index is -0.156. The first-order valence-electron chi connectivity index (χ1n) is 5.52. The molecule has 2 atom stereocenters. The Kier molecular flexibility index (Phi) is 3.57. The van der Waals surface area contributed by atoms with Crippen LogP contribution in [0, 0.1) is 5.92 Å². The predicted octanol–water partition coefficient (Wildman–Crippen LogP) is 1.81. The fourth-order valence-corrected chi connectivity index (χ4v) is 1.88. The van der Waals surface area contributed by atoms with Crippen LogP contribution in [0.5, 0.6) is 0 Å². The third-order valence-corrected chi connectivity index (χ3v) is 2.88. The maximum absolute atomic E-state index is 11.3. The molecule has 0 radical (unpaired) electrons. The Morgan fingerprint density at radius 3 is 2.75 bits per heavy atom. The summed E-state index contributed by atoms with van der Waals surface area (Å²) in [6, 6.07) is 10.2. The minimum absolute atomic E-state index is 0.156. The van der Waals surface area contributed by atoms with E-state index in [-0.39, 0.29) is 18.0 Å². The summed E-state index contributed by atoms with van der Waals surface area (Å²) >= 11 is 0. The zero-order chi connectivity index (χ0) is 11.4. The Labute approximate surface area is 95.4 Å². The molecule has 0 aromatic heterocycles. The average Bonchev–Trinajstić information content (AvgIpc) is 3.13. The monoisotopic (exact) mass is 220 g/mol. The summed E-state index contributed by atoms with van der Waals surface area (Å²) in [5.74, 6) is 0.0891. The van der Waals surface area contributed by atoms with Crippen molar-refractivity contribution in [2.45, 2.75) is 18.9 Å². The van der Waals surface area contributed by atoms with E-state index in [9.17, 15) is 4.79 Å². The zero-order valence-electron chi connectivity index (χ0n) is 9.39. The van der Waals surface area contributed by atoms with Crippen molar-refractivity contribution in [3.63, 3.8) is 0 Å². The van der Waals surface area contributed by atoms with E-state index < -0.39 is 0 Å². The summed E-state index contributed by atoms with van der Waals surface area (Å²) in [6.45, 7) is 0.772. The molecule has 1 aromatic carbocycles. The molecule has 1 heterocycles. The van der Waals surface area contributed by atoms with Crippen LogP contribution in [0.4, 0.5) is 0 Å². The summed E-state index contributed by atoms with van der Waals surface area (Å²) in [7, 11) is 1.43. The van der Waals surface area contributed by atoms with Gasteiger partial charge in [-0.1, -0.05) is 30.3 Å². The van der Waals surface area contributed by atoms with Gasteiger partial charge in [-0.25, -0.2) is 0 Å². The summed E-state index contributed by atoms with van der Waals surface area (Å²) in [6.07, 6.45) is 1.55. The lowest BCUT2D eigenvalue weighted by molar-refractivity contribution is -0.141. The van der Waals surface area contributed by atoms with Crippen molar-refractivity contribution < 1.29 is 14.3 Å². The number of methoxy groups -OCH3 is 1. The maximum atomic E-state index is 11.3. The quantitative estimate of drug-likeness (QED) is 0.561. The molecule has 2 rings (SSSR count). The van der Waals surface area contributed by atoms with Gasteiger partial charge in [0.1, 0.15) is 0 Å². The first-order valence-corrected chi connectivity index (χ1v) is 5.52. The molecule has 3 nitrogen and oxygen atoms in total. The van der Waals surface area contributed by atoms with Gasteiger partial charge in [0, 0.05) is 5.92 Å². The number of epoxide rings is 1. The maximum Gasteiger partial charge on any atom is 0.305 e. The lowest BCUT2D eigenvalue weighted by atomic mass is 9.93. The van der Waals surface area contributed by atoms with E-state index in [0.717, 1.165) is 13.0 Å². The summed E-state index contributed by atoms with van der Waals surface area (Å²) in [5, 5.41) is 0. The Balaban J connectivity index is 1.95. The molecule has 0 N–H and O–H groups in total. The molecule has 0 unspecified atom stereocenters. The first kappa shape index (κ1) is 11.1. The molecule has 3 heteroatoms. The van der Waals surface area contributed by atoms with Gasteiger partial charge in [-0.15, -0.1) is 0 Å². The number of carbonyl (C=O) groups excluding carboxylic acids is 1. The van der Waals surface area contributed by atoms with Crippen LogP contribution in [-0.2, 0) is 20.7 Å². The third-order valence-electron chi connectivity index (χ3n) is 2.88. The van der Waals surface area contributed by atoms with Crippen molar-refractivity contribution in [3.8, 4) is 0 Å². The smallest absolute Gasteiger partial charge is 0.305 e. The van der Waals surface area contributed by atoms with E-state index in [4.69, 9.17) is 9.47 Å². The molecule has 0 bridgehead atoms. The normalized spacial score (nSPS) is 20.2. The molecule has 0 spiro atoms. The van der Waals surface area contributed by atoms with Crippen molar-refractivity contribution in [1.82, 2.24) is 0 Å². The Bertz CT molecular complexity index is 343. The average molecular weight is 220 g/mol. The molecular formula is C13H16O3. The zero-order valence-corrected chi connectivity index (χ0v) is 9.39. The van der Waals surface area contributed by atoms with E-state index in [1.54, 1.807) is 0 Å². The first-order chi connectivity index (χ1) is 7.79. The molecule has 1 saturated heterocycles. The van der Waals surface area contributed by atoms with Crippen molar-refractivity contribution in [1.29, 1.82) is 0 Å². The highest BCUT2D eigenvalue weighted by Gasteiger charge is 2.34. The van der Waals surface area contributed by atoms with Gasteiger partial charge in [0.05, 0.1) is 26.2 Å². The van der Waals surface area contributed by atoms with Gasteiger partial charge >= 0.3 is 5.97 Å². The van der Waals surface area contributed by atoms with Crippen LogP contribution in [0.1, 0.15) is 12.0 Å². The highest BCUT2D eigenvalue weighted by atomic mass is 16.6. The minimum Gasteiger partial charge on any atom is -0.469 e. The number of rotatable bonds is 5. The second kappa shape index (κ2) is 5.12. The van der Waals surface area contributed by atoms with Gasteiger partial charge in [0.2, 0.25) is 0 Å². The second-order valence-corrected chi connectivity index (χ2v) is 4.10. The highest BCUT2D eigenvalue weighted by molar-refractivity contribution is 5.69. The summed E-state index contributed by atoms with van der Waals surface area (Å²) in [5.41, 5.74) is 1.24. The van der Waals surface area contributed by atoms with Gasteiger partial charge in [-0.05, 0) is 12.0 Å². The molecule has 0 saturated carbocycles. The van der Waals surface area contributed by atoms with Crippen LogP contribution in [0.25, 0.3) is 0 Å². The Hall–Kier alpha value is -1.35. The van der Waals surface area contributed by atoms with Gasteiger partial charge in [-0.3, -0.25) is 4.79 Å². The van der Waals surface area contributed by atoms with Gasteiger partial charge in [0.15, 0.2) is 0 Å². The SMILES string of the molecule is COC(=O)C[C@H](Cc1ccccc1)[C@H]1CO1. The number of carbonyl (C=O) groups is 1. The molecular weight excluding hydrogens is 204 g/mol. The van der Waals surface area contributed by atoms with Crippen LogP contribution in [-0.4, -0.2) is 25.8 Å². The number of esters is 1. The Morgan fingerprint density at radius 1 is 1.50 bits per heavy atom. The molecule has 86 valence electrons. The lowest BCUT2D eigenvalue weighted by Gasteiger charge is -2.12. The topological polar surface area (TPSA) is 38.8 Å². The third kappa shape index (κ3) is 3.07. The van der Waals surface area contributed by atoms with Crippen molar-refractivity contribution in [2.75, 3.05) is 13.7 Å². The lowest BCUT2D eigenvalue weighted by Crippen LogP contribution is -2.17. The molecule has 1 aliphatic rings. The number of ether oxygens (including phenoxy) is 2. The molecule has 1 aromatic rings. The fourth-order valence-electron chi connectivity index (χ4n) is 1.88. The van der Waals surface area contributed by atoms with Crippen LogP contribution in [0.3, 0.4) is 0 Å². The van der Waals surface area contributed by atoms with E-state index in [2.05, 4.69) is 12.1 Å². The van der Waals surface area contributed by atoms with E-state index in [1.807, 2.05) is 18.2 Å². The van der Waals surface area contributed by atoms with E-state index >= 15 is 0 Å². The van der Waals surface area contributed by atoms with Crippen molar-refractivity contribution in [2.24, 2.45) is 5.92 Å². The molecule has 0 aliphatic carbocycles. The van der Waals surface area contributed by atoms with E-state index in [1.165, 1.54) is 12.7 Å². The van der Waals surface area contributed by atoms with Crippen molar-refractivity contribution in [3.05, 3.63) is 35.9 Å². The van der Waals surface area contributed by atoms with Crippen LogP contribution >= 0.6 is 0 Å². The van der Waals surface area contributed by atoms with Gasteiger partial charge < -0.3 is 9.47 Å². The molecule has 1 fully saturated rings.